The SMILES string of the molecule is CC1CC1NCCCN1CCCC1. The molecule has 1 heterocycles. The average Bonchev–Trinajstić information content (AvgIpc) is 2.67. The van der Waals surface area contributed by atoms with E-state index in [9.17, 15) is 0 Å². The summed E-state index contributed by atoms with van der Waals surface area (Å²) in [5.74, 6) is 0.951. The third kappa shape index (κ3) is 2.96. The summed E-state index contributed by atoms with van der Waals surface area (Å²) < 4.78 is 0. The maximum Gasteiger partial charge on any atom is 0.00963 e. The van der Waals surface area contributed by atoms with Crippen LogP contribution in [-0.2, 0) is 0 Å². The van der Waals surface area contributed by atoms with Gasteiger partial charge >= 0.3 is 0 Å². The molecular formula is C11H22N2. The first kappa shape index (κ1) is 9.47. The lowest BCUT2D eigenvalue weighted by Gasteiger charge is -2.14. The molecule has 0 bridgehead atoms. The second-order valence-corrected chi connectivity index (χ2v) is 4.68. The van der Waals surface area contributed by atoms with Crippen LogP contribution >= 0.6 is 0 Å². The van der Waals surface area contributed by atoms with E-state index in [0.717, 1.165) is 12.0 Å². The van der Waals surface area contributed by atoms with Crippen LogP contribution in [0.4, 0.5) is 0 Å². The molecule has 2 aliphatic rings. The molecule has 2 atom stereocenters. The number of nitrogens with one attached hydrogen (secondary N) is 1. The highest BCUT2D eigenvalue weighted by atomic mass is 15.1. The Labute approximate surface area is 81.7 Å². The second-order valence-electron chi connectivity index (χ2n) is 4.68. The third-order valence-corrected chi connectivity index (χ3v) is 3.37. The fraction of sp³-hybridized carbons (Fsp3) is 1.00. The smallest absolute Gasteiger partial charge is 0.00963 e. The lowest BCUT2D eigenvalue weighted by atomic mass is 10.3. The molecule has 2 rings (SSSR count). The zero-order valence-electron chi connectivity index (χ0n) is 8.76. The second kappa shape index (κ2) is 4.43. The zero-order valence-corrected chi connectivity index (χ0v) is 8.76. The van der Waals surface area contributed by atoms with Crippen molar-refractivity contribution < 1.29 is 0 Å². The van der Waals surface area contributed by atoms with Gasteiger partial charge in [0, 0.05) is 6.04 Å². The minimum atomic E-state index is 0.860. The van der Waals surface area contributed by atoms with E-state index in [1.165, 1.54) is 51.9 Å². The maximum absolute atomic E-state index is 3.60. The van der Waals surface area contributed by atoms with Crippen molar-refractivity contribution >= 4 is 0 Å². The van der Waals surface area contributed by atoms with Gasteiger partial charge in [-0.05, 0) is 57.8 Å². The van der Waals surface area contributed by atoms with Crippen molar-refractivity contribution in [2.45, 2.75) is 38.6 Å². The van der Waals surface area contributed by atoms with Crippen LogP contribution < -0.4 is 5.32 Å². The van der Waals surface area contributed by atoms with Crippen LogP contribution in [-0.4, -0.2) is 37.1 Å². The van der Waals surface area contributed by atoms with Gasteiger partial charge in [0.25, 0.3) is 0 Å². The normalized spacial score (nSPS) is 33.9. The van der Waals surface area contributed by atoms with Crippen molar-refractivity contribution in [3.05, 3.63) is 0 Å². The molecule has 1 saturated carbocycles. The fourth-order valence-electron chi connectivity index (χ4n) is 2.20. The number of nitrogens with zero attached hydrogens (tertiary/aromatic N) is 1. The summed E-state index contributed by atoms with van der Waals surface area (Å²) in [5, 5.41) is 3.60. The lowest BCUT2D eigenvalue weighted by molar-refractivity contribution is 0.330. The maximum atomic E-state index is 3.60. The molecule has 1 saturated heterocycles. The highest BCUT2D eigenvalue weighted by molar-refractivity contribution is 4.89. The molecule has 13 heavy (non-hydrogen) atoms. The van der Waals surface area contributed by atoms with Crippen molar-refractivity contribution in [1.82, 2.24) is 10.2 Å². The summed E-state index contributed by atoms with van der Waals surface area (Å²) in [6.45, 7) is 7.57. The minimum Gasteiger partial charge on any atom is -0.314 e. The van der Waals surface area contributed by atoms with Crippen molar-refractivity contribution in [3.8, 4) is 0 Å². The van der Waals surface area contributed by atoms with Crippen molar-refractivity contribution in [2.75, 3.05) is 26.2 Å². The standard InChI is InChI=1S/C11H22N2/c1-10-9-11(10)12-5-4-8-13-6-2-3-7-13/h10-12H,2-9H2,1H3. The molecule has 1 N–H and O–H groups in total. The minimum absolute atomic E-state index is 0.860. The monoisotopic (exact) mass is 182 g/mol. The van der Waals surface area contributed by atoms with Crippen LogP contribution in [0.2, 0.25) is 0 Å². The summed E-state index contributed by atoms with van der Waals surface area (Å²) in [7, 11) is 0. The van der Waals surface area contributed by atoms with Gasteiger partial charge in [0.05, 0.1) is 0 Å². The highest BCUT2D eigenvalue weighted by Gasteiger charge is 2.31. The number of rotatable bonds is 5. The summed E-state index contributed by atoms with van der Waals surface area (Å²) in [5.41, 5.74) is 0. The molecular weight excluding hydrogens is 160 g/mol. The number of hydrogen-bond donors (Lipinski definition) is 1. The van der Waals surface area contributed by atoms with E-state index < -0.39 is 0 Å². The predicted octanol–water partition coefficient (Wildman–Crippen LogP) is 1.47. The molecule has 1 aliphatic carbocycles. The van der Waals surface area contributed by atoms with Crippen molar-refractivity contribution in [3.63, 3.8) is 0 Å². The number of likely N-dealkylation sites (tertiary alicyclic amines) is 1. The van der Waals surface area contributed by atoms with E-state index in [4.69, 9.17) is 0 Å². The van der Waals surface area contributed by atoms with Gasteiger partial charge in [-0.2, -0.15) is 0 Å². The zero-order chi connectivity index (χ0) is 9.10. The Bertz CT molecular complexity index is 152. The van der Waals surface area contributed by atoms with Crippen LogP contribution in [0.1, 0.15) is 32.6 Å². The molecule has 0 aromatic heterocycles. The van der Waals surface area contributed by atoms with E-state index in [-0.39, 0.29) is 0 Å². The highest BCUT2D eigenvalue weighted by Crippen LogP contribution is 2.28. The Morgan fingerprint density at radius 2 is 2.00 bits per heavy atom. The fourth-order valence-corrected chi connectivity index (χ4v) is 2.20. The summed E-state index contributed by atoms with van der Waals surface area (Å²) in [6.07, 6.45) is 5.59. The van der Waals surface area contributed by atoms with E-state index in [0.29, 0.717) is 0 Å². The first-order valence-electron chi connectivity index (χ1n) is 5.82. The van der Waals surface area contributed by atoms with Crippen LogP contribution in [0, 0.1) is 5.92 Å². The van der Waals surface area contributed by atoms with Gasteiger partial charge < -0.3 is 10.2 Å². The van der Waals surface area contributed by atoms with Crippen molar-refractivity contribution in [1.29, 1.82) is 0 Å². The van der Waals surface area contributed by atoms with Gasteiger partial charge in [-0.1, -0.05) is 6.92 Å². The summed E-state index contributed by atoms with van der Waals surface area (Å²) in [4.78, 5) is 2.60. The van der Waals surface area contributed by atoms with Gasteiger partial charge in [0.1, 0.15) is 0 Å². The van der Waals surface area contributed by atoms with Crippen molar-refractivity contribution in [2.24, 2.45) is 5.92 Å². The van der Waals surface area contributed by atoms with Gasteiger partial charge in [0.15, 0.2) is 0 Å². The Morgan fingerprint density at radius 3 is 2.62 bits per heavy atom. The Hall–Kier alpha value is -0.0800. The largest absolute Gasteiger partial charge is 0.314 e. The summed E-state index contributed by atoms with van der Waals surface area (Å²) in [6, 6.07) is 0.860. The molecule has 0 spiro atoms. The molecule has 0 aromatic carbocycles. The number of hydrogen-bond acceptors (Lipinski definition) is 2. The van der Waals surface area contributed by atoms with E-state index in [2.05, 4.69) is 17.1 Å². The molecule has 1 aliphatic heterocycles. The Kier molecular flexibility index (Phi) is 3.23. The van der Waals surface area contributed by atoms with Gasteiger partial charge in [-0.15, -0.1) is 0 Å². The average molecular weight is 182 g/mol. The van der Waals surface area contributed by atoms with Crippen LogP contribution in [0.5, 0.6) is 0 Å². The summed E-state index contributed by atoms with van der Waals surface area (Å²) >= 11 is 0. The predicted molar refractivity (Wildman–Crippen MR) is 55.9 cm³/mol. The van der Waals surface area contributed by atoms with Crippen LogP contribution in [0.15, 0.2) is 0 Å². The quantitative estimate of drug-likeness (QED) is 0.648. The Balaban J connectivity index is 1.44. The molecule has 2 unspecified atom stereocenters. The molecule has 0 aromatic rings. The van der Waals surface area contributed by atoms with Gasteiger partial charge in [-0.3, -0.25) is 0 Å². The molecule has 2 nitrogen and oxygen atoms in total. The van der Waals surface area contributed by atoms with E-state index in [1.54, 1.807) is 0 Å². The Morgan fingerprint density at radius 1 is 1.31 bits per heavy atom. The molecule has 2 heteroatoms. The molecule has 0 amide bonds. The van der Waals surface area contributed by atoms with Crippen LogP contribution in [0.25, 0.3) is 0 Å². The molecule has 2 fully saturated rings. The van der Waals surface area contributed by atoms with Gasteiger partial charge in [0.2, 0.25) is 0 Å². The van der Waals surface area contributed by atoms with E-state index >= 15 is 0 Å². The topological polar surface area (TPSA) is 15.3 Å². The molecule has 76 valence electrons. The van der Waals surface area contributed by atoms with E-state index in [1.807, 2.05) is 0 Å². The third-order valence-electron chi connectivity index (χ3n) is 3.37. The lowest BCUT2D eigenvalue weighted by Crippen LogP contribution is -2.26. The first-order chi connectivity index (χ1) is 6.36. The first-order valence-corrected chi connectivity index (χ1v) is 5.82. The van der Waals surface area contributed by atoms with Gasteiger partial charge in [-0.25, -0.2) is 0 Å². The molecule has 0 radical (unpaired) electrons. The van der Waals surface area contributed by atoms with Crippen LogP contribution in [0.3, 0.4) is 0 Å².